The summed E-state index contributed by atoms with van der Waals surface area (Å²) < 4.78 is 0. The molecule has 2 nitrogen and oxygen atoms in total. The normalized spacial score (nSPS) is 11.4. The average molecular weight is 311 g/mol. The summed E-state index contributed by atoms with van der Waals surface area (Å²) in [6.45, 7) is 13.1. The highest BCUT2D eigenvalue weighted by Crippen LogP contribution is 2.09. The predicted molar refractivity (Wildman–Crippen MR) is 99.0 cm³/mol. The van der Waals surface area contributed by atoms with Gasteiger partial charge in [0.05, 0.1) is 0 Å². The molecule has 2 aromatic carbocycles. The lowest BCUT2D eigenvalue weighted by Gasteiger charge is -2.31. The molecule has 0 saturated heterocycles. The highest BCUT2D eigenvalue weighted by molar-refractivity contribution is 6.08. The van der Waals surface area contributed by atoms with Crippen molar-refractivity contribution in [2.45, 2.75) is 52.6 Å². The number of hydrogen-bond donors (Lipinski definition) is 1. The Hall–Kier alpha value is -1.93. The molecule has 0 amide bonds. The van der Waals surface area contributed by atoms with Gasteiger partial charge in [-0.05, 0) is 41.5 Å². The fourth-order valence-corrected chi connectivity index (χ4v) is 2.47. The van der Waals surface area contributed by atoms with Crippen molar-refractivity contribution in [3.05, 3.63) is 71.8 Å². The van der Waals surface area contributed by atoms with Gasteiger partial charge in [-0.3, -0.25) is 4.79 Å². The molecule has 1 N–H and O–H groups in total. The van der Waals surface area contributed by atoms with Crippen molar-refractivity contribution in [2.24, 2.45) is 0 Å². The van der Waals surface area contributed by atoms with Gasteiger partial charge < -0.3 is 5.32 Å². The number of carbonyl (C=O) groups excluding carboxylic acids is 1. The SMILES string of the molecule is CC(C)(C)NC(C)(C)C.O=C(c1ccccc1)c1ccccc1. The van der Waals surface area contributed by atoms with Gasteiger partial charge in [-0.15, -0.1) is 0 Å². The molecule has 0 spiro atoms. The molecule has 2 heteroatoms. The lowest BCUT2D eigenvalue weighted by molar-refractivity contribution is 0.103. The van der Waals surface area contributed by atoms with Crippen LogP contribution in [0.2, 0.25) is 0 Å². The number of benzene rings is 2. The molecule has 0 aliphatic rings. The van der Waals surface area contributed by atoms with E-state index < -0.39 is 0 Å². The van der Waals surface area contributed by atoms with Crippen LogP contribution in [-0.2, 0) is 0 Å². The maximum absolute atomic E-state index is 11.8. The molecule has 0 unspecified atom stereocenters. The van der Waals surface area contributed by atoms with Gasteiger partial charge in [0.15, 0.2) is 5.78 Å². The van der Waals surface area contributed by atoms with Crippen LogP contribution in [0.4, 0.5) is 0 Å². The Morgan fingerprint density at radius 1 is 0.652 bits per heavy atom. The monoisotopic (exact) mass is 311 g/mol. The molecule has 23 heavy (non-hydrogen) atoms. The summed E-state index contributed by atoms with van der Waals surface area (Å²) in [4.78, 5) is 11.8. The Bertz CT molecular complexity index is 536. The quantitative estimate of drug-likeness (QED) is 0.783. The van der Waals surface area contributed by atoms with Crippen LogP contribution in [-0.4, -0.2) is 16.9 Å². The van der Waals surface area contributed by atoms with Crippen molar-refractivity contribution in [1.82, 2.24) is 5.32 Å². The van der Waals surface area contributed by atoms with Gasteiger partial charge >= 0.3 is 0 Å². The molecule has 0 radical (unpaired) electrons. The van der Waals surface area contributed by atoms with E-state index in [2.05, 4.69) is 46.9 Å². The van der Waals surface area contributed by atoms with E-state index >= 15 is 0 Å². The summed E-state index contributed by atoms with van der Waals surface area (Å²) in [5.41, 5.74) is 1.94. The Balaban J connectivity index is 0.000000257. The first-order valence-corrected chi connectivity index (χ1v) is 8.03. The summed E-state index contributed by atoms with van der Waals surface area (Å²) in [6, 6.07) is 18.6. The molecule has 0 saturated carbocycles. The molecule has 0 atom stereocenters. The minimum Gasteiger partial charge on any atom is -0.307 e. The molecular formula is C21H29NO. The van der Waals surface area contributed by atoms with Gasteiger partial charge in [-0.2, -0.15) is 0 Å². The van der Waals surface area contributed by atoms with Crippen LogP contribution in [0.25, 0.3) is 0 Å². The minimum atomic E-state index is 0.0752. The largest absolute Gasteiger partial charge is 0.307 e. The van der Waals surface area contributed by atoms with Crippen LogP contribution in [0.5, 0.6) is 0 Å². The lowest BCUT2D eigenvalue weighted by Crippen LogP contribution is -2.48. The smallest absolute Gasteiger partial charge is 0.193 e. The first-order valence-electron chi connectivity index (χ1n) is 8.03. The highest BCUT2D eigenvalue weighted by Gasteiger charge is 2.18. The van der Waals surface area contributed by atoms with Crippen molar-refractivity contribution < 1.29 is 4.79 Å². The van der Waals surface area contributed by atoms with Crippen LogP contribution >= 0.6 is 0 Å². The molecule has 124 valence electrons. The topological polar surface area (TPSA) is 29.1 Å². The van der Waals surface area contributed by atoms with Gasteiger partial charge in [-0.1, -0.05) is 60.7 Å². The molecule has 2 rings (SSSR count). The van der Waals surface area contributed by atoms with Crippen molar-refractivity contribution in [1.29, 1.82) is 0 Å². The first kappa shape index (κ1) is 19.1. The lowest BCUT2D eigenvalue weighted by atomic mass is 10.0. The second-order valence-electron chi connectivity index (χ2n) is 7.69. The summed E-state index contributed by atoms with van der Waals surface area (Å²) in [5, 5.41) is 3.46. The molecule has 0 aromatic heterocycles. The summed E-state index contributed by atoms with van der Waals surface area (Å²) >= 11 is 0. The highest BCUT2D eigenvalue weighted by atomic mass is 16.1. The van der Waals surface area contributed by atoms with E-state index in [1.807, 2.05) is 60.7 Å². The second kappa shape index (κ2) is 8.07. The molecule has 2 aromatic rings. The fourth-order valence-electron chi connectivity index (χ4n) is 2.47. The van der Waals surface area contributed by atoms with Gasteiger partial charge in [0, 0.05) is 22.2 Å². The Labute approximate surface area is 140 Å². The Morgan fingerprint density at radius 2 is 0.957 bits per heavy atom. The summed E-state index contributed by atoms with van der Waals surface area (Å²) in [7, 11) is 0. The van der Waals surface area contributed by atoms with Crippen LogP contribution in [0.3, 0.4) is 0 Å². The standard InChI is InChI=1S/C13H10O.C8H19N/c14-13(11-7-3-1-4-8-11)12-9-5-2-6-10-12;1-7(2,3)9-8(4,5)6/h1-10H;9H,1-6H3. The van der Waals surface area contributed by atoms with Crippen molar-refractivity contribution in [2.75, 3.05) is 0 Å². The van der Waals surface area contributed by atoms with E-state index in [-0.39, 0.29) is 16.9 Å². The number of rotatable bonds is 2. The van der Waals surface area contributed by atoms with E-state index in [0.717, 1.165) is 11.1 Å². The zero-order valence-corrected chi connectivity index (χ0v) is 15.2. The molecule has 0 aliphatic carbocycles. The van der Waals surface area contributed by atoms with Crippen molar-refractivity contribution in [3.63, 3.8) is 0 Å². The maximum Gasteiger partial charge on any atom is 0.193 e. The zero-order valence-electron chi connectivity index (χ0n) is 15.2. The minimum absolute atomic E-state index is 0.0752. The maximum atomic E-state index is 11.8. The number of hydrogen-bond acceptors (Lipinski definition) is 2. The van der Waals surface area contributed by atoms with Crippen LogP contribution in [0.1, 0.15) is 57.5 Å². The van der Waals surface area contributed by atoms with Crippen LogP contribution in [0.15, 0.2) is 60.7 Å². The number of ketones is 1. The van der Waals surface area contributed by atoms with E-state index in [1.165, 1.54) is 0 Å². The molecule has 0 bridgehead atoms. The number of nitrogens with one attached hydrogen (secondary N) is 1. The predicted octanol–water partition coefficient (Wildman–Crippen LogP) is 5.09. The third-order valence-electron chi connectivity index (χ3n) is 2.82. The van der Waals surface area contributed by atoms with E-state index in [1.54, 1.807) is 0 Å². The molecule has 0 heterocycles. The van der Waals surface area contributed by atoms with Crippen molar-refractivity contribution in [3.8, 4) is 0 Å². The van der Waals surface area contributed by atoms with Gasteiger partial charge in [0.25, 0.3) is 0 Å². The van der Waals surface area contributed by atoms with E-state index in [9.17, 15) is 4.79 Å². The molecular weight excluding hydrogens is 282 g/mol. The zero-order chi connectivity index (χ0) is 17.5. The Morgan fingerprint density at radius 3 is 1.17 bits per heavy atom. The van der Waals surface area contributed by atoms with Gasteiger partial charge in [0.2, 0.25) is 0 Å². The van der Waals surface area contributed by atoms with Gasteiger partial charge in [-0.25, -0.2) is 0 Å². The Kier molecular flexibility index (Phi) is 6.71. The second-order valence-corrected chi connectivity index (χ2v) is 7.69. The third-order valence-corrected chi connectivity index (χ3v) is 2.82. The summed E-state index contributed by atoms with van der Waals surface area (Å²) in [5.74, 6) is 0.0752. The average Bonchev–Trinajstić information content (AvgIpc) is 2.45. The fraction of sp³-hybridized carbons (Fsp3) is 0.381. The van der Waals surface area contributed by atoms with Crippen molar-refractivity contribution >= 4 is 5.78 Å². The summed E-state index contributed by atoms with van der Waals surface area (Å²) in [6.07, 6.45) is 0. The third kappa shape index (κ3) is 8.32. The molecule has 0 fully saturated rings. The van der Waals surface area contributed by atoms with E-state index in [0.29, 0.717) is 0 Å². The molecule has 0 aliphatic heterocycles. The first-order chi connectivity index (χ1) is 10.6. The number of carbonyl (C=O) groups is 1. The van der Waals surface area contributed by atoms with Gasteiger partial charge in [0.1, 0.15) is 0 Å². The van der Waals surface area contributed by atoms with Crippen LogP contribution < -0.4 is 5.32 Å². The van der Waals surface area contributed by atoms with Crippen LogP contribution in [0, 0.1) is 0 Å². The van der Waals surface area contributed by atoms with E-state index in [4.69, 9.17) is 0 Å².